The Balaban J connectivity index is 1.37. The predicted octanol–water partition coefficient (Wildman–Crippen LogP) is 7.34. The lowest BCUT2D eigenvalue weighted by molar-refractivity contribution is -0.144. The van der Waals surface area contributed by atoms with Crippen molar-refractivity contribution in [3.63, 3.8) is 0 Å². The molecule has 7 rings (SSSR count). The molecule has 288 valence electrons. The van der Waals surface area contributed by atoms with Gasteiger partial charge in [0.1, 0.15) is 17.5 Å². The maximum Gasteiger partial charge on any atom is 0.338 e. The van der Waals surface area contributed by atoms with E-state index in [1.807, 2.05) is 60.7 Å². The summed E-state index contributed by atoms with van der Waals surface area (Å²) in [7, 11) is 0. The Morgan fingerprint density at radius 2 is 1.47 bits per heavy atom. The summed E-state index contributed by atoms with van der Waals surface area (Å²) in [5, 5.41) is 13.3. The van der Waals surface area contributed by atoms with Gasteiger partial charge in [0, 0.05) is 29.5 Å². The van der Waals surface area contributed by atoms with E-state index >= 15 is 0 Å². The summed E-state index contributed by atoms with van der Waals surface area (Å²) in [5.74, 6) is -2.02. The fourth-order valence-corrected chi connectivity index (χ4v) is 6.98. The van der Waals surface area contributed by atoms with Crippen molar-refractivity contribution in [2.24, 2.45) is 0 Å². The average molecular weight is 764 g/mol. The van der Waals surface area contributed by atoms with E-state index in [1.54, 1.807) is 85.8 Å². The molecule has 11 nitrogen and oxygen atoms in total. The van der Waals surface area contributed by atoms with E-state index < -0.39 is 41.9 Å². The molecule has 2 amide bonds. The number of benzene rings is 5. The van der Waals surface area contributed by atoms with Gasteiger partial charge in [-0.2, -0.15) is 0 Å². The van der Waals surface area contributed by atoms with Crippen LogP contribution in [0.3, 0.4) is 0 Å². The normalized spacial score (nSPS) is 16.0. The molecular weight excluding hydrogens is 723 g/mol. The topological polar surface area (TPSA) is 144 Å². The number of amides is 2. The van der Waals surface area contributed by atoms with Gasteiger partial charge in [0.2, 0.25) is 0 Å². The minimum absolute atomic E-state index is 0.0727. The zero-order valence-electron chi connectivity index (χ0n) is 31.2. The number of carbonyl (C=O) groups excluding carboxylic acids is 4. The molecule has 0 unspecified atom stereocenters. The summed E-state index contributed by atoms with van der Waals surface area (Å²) in [4.78, 5) is 62.7. The molecule has 5 aromatic carbocycles. The molecule has 0 saturated carbocycles. The van der Waals surface area contributed by atoms with Crippen molar-refractivity contribution in [2.45, 2.75) is 38.0 Å². The van der Waals surface area contributed by atoms with Crippen LogP contribution in [0.25, 0.3) is 22.0 Å². The largest absolute Gasteiger partial charge is 0.493 e. The van der Waals surface area contributed by atoms with Crippen molar-refractivity contribution < 1.29 is 38.5 Å². The molecule has 0 bridgehead atoms. The smallest absolute Gasteiger partial charge is 0.338 e. The van der Waals surface area contributed by atoms with E-state index in [4.69, 9.17) is 14.2 Å². The predicted molar refractivity (Wildman–Crippen MR) is 215 cm³/mol. The van der Waals surface area contributed by atoms with Crippen LogP contribution in [0, 0.1) is 0 Å². The van der Waals surface area contributed by atoms with Gasteiger partial charge in [0.15, 0.2) is 0 Å². The second kappa shape index (κ2) is 17.7. The molecule has 0 radical (unpaired) electrons. The van der Waals surface area contributed by atoms with Gasteiger partial charge in [-0.25, -0.2) is 9.78 Å². The van der Waals surface area contributed by atoms with Gasteiger partial charge in [-0.15, -0.1) is 0 Å². The van der Waals surface area contributed by atoms with Crippen molar-refractivity contribution >= 4 is 40.3 Å². The van der Waals surface area contributed by atoms with Gasteiger partial charge in [-0.1, -0.05) is 84.9 Å². The Morgan fingerprint density at radius 3 is 2.21 bits per heavy atom. The fraction of sp³-hybridized carbons (Fsp3) is 0.196. The minimum Gasteiger partial charge on any atom is -0.493 e. The average Bonchev–Trinajstić information content (AvgIpc) is 3.25. The van der Waals surface area contributed by atoms with Crippen LogP contribution >= 0.6 is 0 Å². The van der Waals surface area contributed by atoms with E-state index in [0.29, 0.717) is 34.5 Å². The molecule has 0 saturated heterocycles. The highest BCUT2D eigenvalue weighted by atomic mass is 16.5. The van der Waals surface area contributed by atoms with Gasteiger partial charge in [-0.3, -0.25) is 19.3 Å². The van der Waals surface area contributed by atoms with Crippen molar-refractivity contribution in [3.05, 3.63) is 162 Å². The van der Waals surface area contributed by atoms with E-state index in [0.717, 1.165) is 16.5 Å². The van der Waals surface area contributed by atoms with Crippen LogP contribution in [0.15, 0.2) is 140 Å². The number of pyridine rings is 1. The van der Waals surface area contributed by atoms with Crippen LogP contribution in [0.2, 0.25) is 0 Å². The number of esters is 2. The molecule has 6 aromatic rings. The lowest BCUT2D eigenvalue weighted by Crippen LogP contribution is -2.58. The molecule has 2 N–H and O–H groups in total. The van der Waals surface area contributed by atoms with Crippen LogP contribution in [0.5, 0.6) is 5.75 Å². The third-order valence-corrected chi connectivity index (χ3v) is 9.72. The first-order valence-corrected chi connectivity index (χ1v) is 18.8. The Bertz CT molecular complexity index is 2370. The number of hydrogen-bond donors (Lipinski definition) is 2. The number of para-hydroxylation sites is 1. The Hall–Kier alpha value is -6.85. The summed E-state index contributed by atoms with van der Waals surface area (Å²) in [6, 6.07) is 38.7. The number of carbonyl (C=O) groups is 4. The molecule has 1 aliphatic heterocycles. The zero-order chi connectivity index (χ0) is 39.7. The van der Waals surface area contributed by atoms with Crippen LogP contribution in [-0.2, 0) is 14.3 Å². The Kier molecular flexibility index (Phi) is 12.0. The number of hydrogen-bond acceptors (Lipinski definition) is 9. The summed E-state index contributed by atoms with van der Waals surface area (Å²) in [6.45, 7) is 1.86. The molecule has 1 aliphatic rings. The molecular formula is C46H41N3O8. The number of anilines is 1. The maximum absolute atomic E-state index is 14.9. The molecule has 57 heavy (non-hydrogen) atoms. The SMILES string of the molecule is CCOC(=O)C[C@H]1[C@H](OC(=O)c2ccc(-c3ccccc3)cc2)[C@@H](NC(=O)c2ccccc2)c2cc(OCCCO)ccc2N1C(=O)c1ccc2ccccc2n1. The number of ether oxygens (including phenoxy) is 3. The first-order valence-electron chi connectivity index (χ1n) is 18.8. The standard InChI is InChI=1S/C46H41N3O8/c1-2-55-41(51)29-40-43(57-46(54)34-20-18-31(19-21-34)30-12-5-3-6-13-30)42(48-44(52)33-15-7-4-8-16-33)36-28-35(56-27-11-26-50)23-25-39(36)49(40)45(53)38-24-22-32-14-9-10-17-37(32)47-38/h3-10,12-25,28,40,42-43,50H,2,11,26-27,29H2,1H3,(H,48,52)/t40-,42-,43-/m0/s1. The van der Waals surface area contributed by atoms with Gasteiger partial charge < -0.3 is 24.6 Å². The number of nitrogens with one attached hydrogen (secondary N) is 1. The highest BCUT2D eigenvalue weighted by molar-refractivity contribution is 6.08. The number of nitrogens with zero attached hydrogens (tertiary/aromatic N) is 2. The lowest BCUT2D eigenvalue weighted by atomic mass is 9.85. The molecule has 0 fully saturated rings. The monoisotopic (exact) mass is 763 g/mol. The number of fused-ring (bicyclic) bond motifs is 2. The summed E-state index contributed by atoms with van der Waals surface area (Å²) in [6.07, 6.45) is -1.34. The number of aliphatic hydroxyl groups excluding tert-OH is 1. The number of aliphatic hydroxyl groups is 1. The zero-order valence-corrected chi connectivity index (χ0v) is 31.2. The van der Waals surface area contributed by atoms with Crippen LogP contribution in [0.1, 0.15) is 62.6 Å². The second-order valence-electron chi connectivity index (χ2n) is 13.4. The first-order chi connectivity index (χ1) is 27.8. The maximum atomic E-state index is 14.9. The summed E-state index contributed by atoms with van der Waals surface area (Å²) < 4.78 is 17.8. The van der Waals surface area contributed by atoms with Crippen molar-refractivity contribution in [3.8, 4) is 16.9 Å². The van der Waals surface area contributed by atoms with Gasteiger partial charge in [-0.05, 0) is 72.6 Å². The van der Waals surface area contributed by atoms with E-state index in [2.05, 4.69) is 10.3 Å². The molecule has 0 aliphatic carbocycles. The Labute approximate surface area is 329 Å². The summed E-state index contributed by atoms with van der Waals surface area (Å²) in [5.41, 5.74) is 3.84. The second-order valence-corrected chi connectivity index (χ2v) is 13.4. The molecule has 11 heteroatoms. The highest BCUT2D eigenvalue weighted by Gasteiger charge is 2.48. The van der Waals surface area contributed by atoms with E-state index in [-0.39, 0.29) is 37.5 Å². The van der Waals surface area contributed by atoms with E-state index in [9.17, 15) is 24.3 Å². The van der Waals surface area contributed by atoms with Crippen molar-refractivity contribution in [1.82, 2.24) is 10.3 Å². The molecule has 0 spiro atoms. The van der Waals surface area contributed by atoms with Crippen molar-refractivity contribution in [2.75, 3.05) is 24.7 Å². The number of rotatable bonds is 13. The molecule has 1 aromatic heterocycles. The third kappa shape index (κ3) is 8.69. The van der Waals surface area contributed by atoms with Crippen LogP contribution in [0.4, 0.5) is 5.69 Å². The first kappa shape index (κ1) is 38.4. The minimum atomic E-state index is -1.33. The number of aromatic nitrogens is 1. The van der Waals surface area contributed by atoms with E-state index in [1.165, 1.54) is 4.90 Å². The van der Waals surface area contributed by atoms with Crippen molar-refractivity contribution in [1.29, 1.82) is 0 Å². The van der Waals surface area contributed by atoms with Crippen LogP contribution in [-0.4, -0.2) is 65.8 Å². The van der Waals surface area contributed by atoms with Crippen LogP contribution < -0.4 is 15.0 Å². The molecule has 2 heterocycles. The summed E-state index contributed by atoms with van der Waals surface area (Å²) >= 11 is 0. The quantitative estimate of drug-likeness (QED) is 0.0912. The lowest BCUT2D eigenvalue weighted by Gasteiger charge is -2.45. The Morgan fingerprint density at radius 1 is 0.772 bits per heavy atom. The fourth-order valence-electron chi connectivity index (χ4n) is 6.98. The molecule has 3 atom stereocenters. The highest BCUT2D eigenvalue weighted by Crippen LogP contribution is 2.43. The van der Waals surface area contributed by atoms with Gasteiger partial charge in [0.25, 0.3) is 11.8 Å². The van der Waals surface area contributed by atoms with Gasteiger partial charge in [0.05, 0.1) is 48.5 Å². The van der Waals surface area contributed by atoms with Gasteiger partial charge >= 0.3 is 11.9 Å². The third-order valence-electron chi connectivity index (χ3n) is 9.72.